The molecule has 0 fully saturated rings. The lowest BCUT2D eigenvalue weighted by molar-refractivity contribution is 0.285. The Hall–Kier alpha value is -0.730. The van der Waals surface area contributed by atoms with E-state index in [0.717, 1.165) is 5.56 Å². The van der Waals surface area contributed by atoms with Gasteiger partial charge in [-0.15, -0.1) is 11.3 Å². The number of nitrogens with one attached hydrogen (secondary N) is 1. The minimum atomic E-state index is -3.48. The Morgan fingerprint density at radius 1 is 1.42 bits per heavy atom. The van der Waals surface area contributed by atoms with E-state index in [0.29, 0.717) is 22.7 Å². The van der Waals surface area contributed by atoms with Crippen molar-refractivity contribution < 1.29 is 13.5 Å². The number of aryl methyl sites for hydroxylation is 1. The van der Waals surface area contributed by atoms with E-state index in [-0.39, 0.29) is 11.5 Å². The number of aliphatic hydroxyl groups is 1. The van der Waals surface area contributed by atoms with E-state index in [1.807, 2.05) is 16.8 Å². The molecule has 0 saturated carbocycles. The van der Waals surface area contributed by atoms with Gasteiger partial charge in [-0.3, -0.25) is 0 Å². The van der Waals surface area contributed by atoms with Gasteiger partial charge in [-0.25, -0.2) is 13.1 Å². The van der Waals surface area contributed by atoms with E-state index in [1.54, 1.807) is 18.3 Å². The van der Waals surface area contributed by atoms with Gasteiger partial charge < -0.3 is 5.11 Å². The Bertz CT molecular complexity index is 629. The summed E-state index contributed by atoms with van der Waals surface area (Å²) in [6.45, 7) is 2.00. The summed E-state index contributed by atoms with van der Waals surface area (Å²) in [6.07, 6.45) is 0.679. The minimum absolute atomic E-state index is 0.129. The molecule has 0 atom stereocenters. The van der Waals surface area contributed by atoms with E-state index >= 15 is 0 Å². The second kappa shape index (κ2) is 6.15. The van der Waals surface area contributed by atoms with Crippen LogP contribution in [0.4, 0.5) is 0 Å². The molecule has 0 unspecified atom stereocenters. The zero-order chi connectivity index (χ0) is 13.9. The summed E-state index contributed by atoms with van der Waals surface area (Å²) >= 11 is 2.90. The monoisotopic (exact) mass is 317 g/mol. The molecule has 0 aliphatic heterocycles. The number of hydrogen-bond acceptors (Lipinski definition) is 5. The summed E-state index contributed by atoms with van der Waals surface area (Å²) < 4.78 is 26.8. The lowest BCUT2D eigenvalue weighted by atomic mass is 10.2. The number of aliphatic hydroxyl groups excluding tert-OH is 1. The highest BCUT2D eigenvalue weighted by molar-refractivity contribution is 7.89. The summed E-state index contributed by atoms with van der Waals surface area (Å²) in [4.78, 5) is 1.63. The molecule has 0 aliphatic rings. The van der Waals surface area contributed by atoms with Crippen molar-refractivity contribution in [2.24, 2.45) is 0 Å². The Morgan fingerprint density at radius 2 is 2.21 bits per heavy atom. The van der Waals surface area contributed by atoms with Crippen LogP contribution in [0.5, 0.6) is 0 Å². The van der Waals surface area contributed by atoms with E-state index in [1.165, 1.54) is 17.4 Å². The van der Waals surface area contributed by atoms with Crippen LogP contribution in [0, 0.1) is 6.92 Å². The number of thiophene rings is 2. The predicted octanol–water partition coefficient (Wildman–Crippen LogP) is 2.13. The van der Waals surface area contributed by atoms with Crippen molar-refractivity contribution in [2.45, 2.75) is 24.8 Å². The topological polar surface area (TPSA) is 66.4 Å². The van der Waals surface area contributed by atoms with Gasteiger partial charge in [0.25, 0.3) is 0 Å². The molecule has 2 heterocycles. The van der Waals surface area contributed by atoms with Gasteiger partial charge in [-0.05, 0) is 41.8 Å². The average Bonchev–Trinajstić information content (AvgIpc) is 2.98. The van der Waals surface area contributed by atoms with Crippen molar-refractivity contribution in [3.05, 3.63) is 38.2 Å². The molecule has 0 saturated heterocycles. The second-order valence-corrected chi connectivity index (χ2v) is 7.93. The Kier molecular flexibility index (Phi) is 4.75. The maximum atomic E-state index is 12.1. The summed E-state index contributed by atoms with van der Waals surface area (Å²) in [5.74, 6) is 0. The van der Waals surface area contributed by atoms with Crippen LogP contribution in [0.2, 0.25) is 0 Å². The molecule has 19 heavy (non-hydrogen) atoms. The molecule has 0 amide bonds. The fourth-order valence-corrected chi connectivity index (χ4v) is 4.94. The smallest absolute Gasteiger partial charge is 0.241 e. The normalized spacial score (nSPS) is 11.9. The highest BCUT2D eigenvalue weighted by Gasteiger charge is 2.19. The standard InChI is InChI=1S/C12H15NO3S3/c1-9-12(6-11(7-14)18-9)19(15,16)13-4-2-10-3-5-17-8-10/h3,5-6,8,13-14H,2,4,7H2,1H3. The van der Waals surface area contributed by atoms with Crippen LogP contribution >= 0.6 is 22.7 Å². The van der Waals surface area contributed by atoms with E-state index in [9.17, 15) is 8.42 Å². The molecule has 2 aromatic rings. The number of sulfonamides is 1. The van der Waals surface area contributed by atoms with E-state index in [2.05, 4.69) is 4.72 Å². The third kappa shape index (κ3) is 3.64. The fourth-order valence-electron chi connectivity index (χ4n) is 1.71. The first kappa shape index (κ1) is 14.7. The highest BCUT2D eigenvalue weighted by Crippen LogP contribution is 2.25. The van der Waals surface area contributed by atoms with Crippen LogP contribution in [0.25, 0.3) is 0 Å². The van der Waals surface area contributed by atoms with Crippen LogP contribution in [0.3, 0.4) is 0 Å². The summed E-state index contributed by atoms with van der Waals surface area (Å²) in [6, 6.07) is 3.52. The van der Waals surface area contributed by atoms with Crippen molar-refractivity contribution in [1.29, 1.82) is 0 Å². The van der Waals surface area contributed by atoms with Gasteiger partial charge in [0.15, 0.2) is 0 Å². The Balaban J connectivity index is 2.03. The highest BCUT2D eigenvalue weighted by atomic mass is 32.2. The molecule has 0 aliphatic carbocycles. The largest absolute Gasteiger partial charge is 0.391 e. The molecule has 2 rings (SSSR count). The lowest BCUT2D eigenvalue weighted by Gasteiger charge is -2.05. The summed E-state index contributed by atoms with van der Waals surface area (Å²) in [7, 11) is -3.48. The lowest BCUT2D eigenvalue weighted by Crippen LogP contribution is -2.26. The first-order valence-electron chi connectivity index (χ1n) is 5.74. The van der Waals surface area contributed by atoms with Crippen molar-refractivity contribution in [2.75, 3.05) is 6.54 Å². The van der Waals surface area contributed by atoms with Crippen LogP contribution in [-0.4, -0.2) is 20.1 Å². The fraction of sp³-hybridized carbons (Fsp3) is 0.333. The van der Waals surface area contributed by atoms with Gasteiger partial charge in [0, 0.05) is 16.3 Å². The van der Waals surface area contributed by atoms with Gasteiger partial charge in [0.1, 0.15) is 0 Å². The third-order valence-corrected chi connectivity index (χ3v) is 6.14. The molecule has 2 aromatic heterocycles. The van der Waals surface area contributed by atoms with Gasteiger partial charge in [0.2, 0.25) is 10.0 Å². The number of hydrogen-bond donors (Lipinski definition) is 2. The molecular weight excluding hydrogens is 302 g/mol. The molecule has 4 nitrogen and oxygen atoms in total. The van der Waals surface area contributed by atoms with Crippen LogP contribution in [0.15, 0.2) is 27.8 Å². The zero-order valence-electron chi connectivity index (χ0n) is 10.4. The average molecular weight is 317 g/mol. The molecule has 0 bridgehead atoms. The predicted molar refractivity (Wildman–Crippen MR) is 78.2 cm³/mol. The van der Waals surface area contributed by atoms with Gasteiger partial charge in [0.05, 0.1) is 11.5 Å². The van der Waals surface area contributed by atoms with Gasteiger partial charge >= 0.3 is 0 Å². The third-order valence-electron chi connectivity index (χ3n) is 2.65. The minimum Gasteiger partial charge on any atom is -0.391 e. The van der Waals surface area contributed by atoms with Crippen molar-refractivity contribution >= 4 is 32.7 Å². The molecule has 2 N–H and O–H groups in total. The summed E-state index contributed by atoms with van der Waals surface area (Å²) in [5, 5.41) is 13.0. The van der Waals surface area contributed by atoms with Gasteiger partial charge in [-0.1, -0.05) is 0 Å². The molecule has 7 heteroatoms. The van der Waals surface area contributed by atoms with Crippen molar-refractivity contribution in [3.8, 4) is 0 Å². The molecule has 0 spiro atoms. The second-order valence-electron chi connectivity index (χ2n) is 4.07. The van der Waals surface area contributed by atoms with Crippen LogP contribution in [-0.2, 0) is 23.1 Å². The van der Waals surface area contributed by atoms with E-state index in [4.69, 9.17) is 5.11 Å². The first-order valence-corrected chi connectivity index (χ1v) is 8.98. The quantitative estimate of drug-likeness (QED) is 0.858. The van der Waals surface area contributed by atoms with Crippen LogP contribution < -0.4 is 4.72 Å². The van der Waals surface area contributed by atoms with E-state index < -0.39 is 10.0 Å². The zero-order valence-corrected chi connectivity index (χ0v) is 12.9. The maximum Gasteiger partial charge on any atom is 0.241 e. The van der Waals surface area contributed by atoms with Crippen LogP contribution in [0.1, 0.15) is 15.3 Å². The Labute approximate surface area is 120 Å². The summed E-state index contributed by atoms with van der Waals surface area (Å²) in [5.41, 5.74) is 1.13. The molecule has 0 aromatic carbocycles. The molecule has 0 radical (unpaired) electrons. The SMILES string of the molecule is Cc1sc(CO)cc1S(=O)(=O)NCCc1ccsc1. The first-order chi connectivity index (χ1) is 9.03. The molecule has 104 valence electrons. The Morgan fingerprint density at radius 3 is 2.79 bits per heavy atom. The van der Waals surface area contributed by atoms with Gasteiger partial charge in [-0.2, -0.15) is 11.3 Å². The van der Waals surface area contributed by atoms with Crippen molar-refractivity contribution in [1.82, 2.24) is 4.72 Å². The maximum absolute atomic E-state index is 12.1. The number of rotatable bonds is 6. The van der Waals surface area contributed by atoms with Crippen molar-refractivity contribution in [3.63, 3.8) is 0 Å². The molecular formula is C12H15NO3S3.